The molecule has 1 aliphatic heterocycles. The summed E-state index contributed by atoms with van der Waals surface area (Å²) in [5.74, 6) is -0.903. The first-order chi connectivity index (χ1) is 17.0. The van der Waals surface area contributed by atoms with E-state index in [1.807, 2.05) is 28.8 Å². The zero-order valence-corrected chi connectivity index (χ0v) is 20.7. The van der Waals surface area contributed by atoms with Gasteiger partial charge in [-0.15, -0.1) is 0 Å². The van der Waals surface area contributed by atoms with Gasteiger partial charge in [0.2, 0.25) is 5.91 Å². The molecule has 0 aliphatic carbocycles. The highest BCUT2D eigenvalue weighted by molar-refractivity contribution is 6.11. The van der Waals surface area contributed by atoms with E-state index in [4.69, 9.17) is 14.5 Å². The summed E-state index contributed by atoms with van der Waals surface area (Å²) in [5, 5.41) is 7.17. The second-order valence-electron chi connectivity index (χ2n) is 9.05. The second kappa shape index (κ2) is 11.4. The van der Waals surface area contributed by atoms with Crippen LogP contribution in [0.5, 0.6) is 0 Å². The Morgan fingerprint density at radius 3 is 2.77 bits per heavy atom. The van der Waals surface area contributed by atoms with Crippen LogP contribution in [-0.2, 0) is 27.2 Å². The van der Waals surface area contributed by atoms with Crippen molar-refractivity contribution >= 4 is 34.3 Å². The molecule has 3 heterocycles. The monoisotopic (exact) mass is 478 g/mol. The lowest BCUT2D eigenvalue weighted by Gasteiger charge is -2.13. The molecule has 186 valence electrons. The number of nitrogens with one attached hydrogen (secondary N) is 2. The predicted octanol–water partition coefficient (Wildman–Crippen LogP) is 4.64. The van der Waals surface area contributed by atoms with Crippen LogP contribution in [0.1, 0.15) is 49.2 Å². The van der Waals surface area contributed by atoms with Crippen LogP contribution in [0.4, 0.5) is 11.4 Å². The van der Waals surface area contributed by atoms with E-state index < -0.39 is 5.97 Å². The molecule has 4 rings (SSSR count). The molecule has 0 bridgehead atoms. The van der Waals surface area contributed by atoms with Gasteiger partial charge in [0.25, 0.3) is 0 Å². The molecule has 2 atom stereocenters. The van der Waals surface area contributed by atoms with Crippen LogP contribution in [0.25, 0.3) is 11.0 Å². The Bertz CT molecular complexity index is 1170. The number of pyridine rings is 1. The molecule has 1 fully saturated rings. The number of fused-ring (bicyclic) bond motifs is 1. The van der Waals surface area contributed by atoms with Gasteiger partial charge in [0.1, 0.15) is 5.65 Å². The number of ether oxygens (including phenoxy) is 2. The van der Waals surface area contributed by atoms with Gasteiger partial charge in [-0.25, -0.2) is 9.78 Å². The SMILES string of the molecule is CCC(C)Nc1cnc2c(c1)c(NC(=O)C1CCOC1)c(C(=O)OC)n2CCCc1ccccc1. The van der Waals surface area contributed by atoms with Gasteiger partial charge in [-0.3, -0.25) is 4.79 Å². The number of amides is 1. The van der Waals surface area contributed by atoms with Crippen molar-refractivity contribution in [2.75, 3.05) is 31.0 Å². The first kappa shape index (κ1) is 24.7. The summed E-state index contributed by atoms with van der Waals surface area (Å²) in [6.45, 7) is 5.71. The lowest BCUT2D eigenvalue weighted by atomic mass is 10.1. The zero-order valence-electron chi connectivity index (χ0n) is 20.7. The van der Waals surface area contributed by atoms with Crippen molar-refractivity contribution < 1.29 is 19.1 Å². The molecule has 35 heavy (non-hydrogen) atoms. The first-order valence-electron chi connectivity index (χ1n) is 12.3. The molecule has 1 saturated heterocycles. The van der Waals surface area contributed by atoms with Gasteiger partial charge >= 0.3 is 5.97 Å². The van der Waals surface area contributed by atoms with Gasteiger partial charge in [0.05, 0.1) is 37.2 Å². The third-order valence-corrected chi connectivity index (χ3v) is 6.54. The summed E-state index contributed by atoms with van der Waals surface area (Å²) < 4.78 is 12.4. The van der Waals surface area contributed by atoms with Crippen molar-refractivity contribution in [2.24, 2.45) is 5.92 Å². The van der Waals surface area contributed by atoms with E-state index in [-0.39, 0.29) is 17.9 Å². The minimum absolute atomic E-state index is 0.156. The molecule has 2 N–H and O–H groups in total. The Labute approximate surface area is 206 Å². The van der Waals surface area contributed by atoms with Crippen molar-refractivity contribution in [3.8, 4) is 0 Å². The number of methoxy groups -OCH3 is 1. The average molecular weight is 479 g/mol. The summed E-state index contributed by atoms with van der Waals surface area (Å²) in [7, 11) is 1.36. The predicted molar refractivity (Wildman–Crippen MR) is 137 cm³/mol. The Morgan fingerprint density at radius 2 is 2.09 bits per heavy atom. The summed E-state index contributed by atoms with van der Waals surface area (Å²) in [4.78, 5) is 30.8. The fraction of sp³-hybridized carbons (Fsp3) is 0.444. The minimum Gasteiger partial charge on any atom is -0.464 e. The van der Waals surface area contributed by atoms with Crippen LogP contribution in [-0.4, -0.2) is 47.8 Å². The maximum absolute atomic E-state index is 13.1. The maximum Gasteiger partial charge on any atom is 0.356 e. The lowest BCUT2D eigenvalue weighted by Crippen LogP contribution is -2.24. The molecule has 3 aromatic rings. The van der Waals surface area contributed by atoms with E-state index in [0.29, 0.717) is 48.6 Å². The number of benzene rings is 1. The molecular formula is C27H34N4O4. The van der Waals surface area contributed by atoms with E-state index in [1.165, 1.54) is 12.7 Å². The zero-order chi connectivity index (χ0) is 24.8. The topological polar surface area (TPSA) is 94.5 Å². The highest BCUT2D eigenvalue weighted by Crippen LogP contribution is 2.34. The number of esters is 1. The van der Waals surface area contributed by atoms with Crippen molar-refractivity contribution in [3.05, 3.63) is 53.9 Å². The molecule has 0 spiro atoms. The van der Waals surface area contributed by atoms with E-state index in [1.54, 1.807) is 6.20 Å². The number of anilines is 2. The van der Waals surface area contributed by atoms with Crippen molar-refractivity contribution in [2.45, 2.75) is 52.1 Å². The quantitative estimate of drug-likeness (QED) is 0.412. The molecule has 8 nitrogen and oxygen atoms in total. The van der Waals surface area contributed by atoms with Gasteiger partial charge < -0.3 is 24.7 Å². The van der Waals surface area contributed by atoms with E-state index in [9.17, 15) is 9.59 Å². The Kier molecular flexibility index (Phi) is 8.02. The molecule has 2 unspecified atom stereocenters. The molecule has 0 radical (unpaired) electrons. The number of hydrogen-bond acceptors (Lipinski definition) is 6. The molecule has 1 aromatic carbocycles. The number of aryl methyl sites for hydroxylation is 2. The van der Waals surface area contributed by atoms with Crippen molar-refractivity contribution in [1.82, 2.24) is 9.55 Å². The van der Waals surface area contributed by atoms with Crippen LogP contribution in [0, 0.1) is 5.92 Å². The third-order valence-electron chi connectivity index (χ3n) is 6.54. The largest absolute Gasteiger partial charge is 0.464 e. The highest BCUT2D eigenvalue weighted by atomic mass is 16.5. The molecule has 1 aliphatic rings. The highest BCUT2D eigenvalue weighted by Gasteiger charge is 2.29. The van der Waals surface area contributed by atoms with Gasteiger partial charge in [-0.05, 0) is 44.2 Å². The summed E-state index contributed by atoms with van der Waals surface area (Å²) in [5.41, 5.74) is 3.47. The standard InChI is InChI=1S/C27H34N4O4/c1-4-18(2)29-21-15-22-23(30-26(32)20-12-14-35-17-20)24(27(33)34-3)31(25(22)28-16-21)13-8-11-19-9-6-5-7-10-19/h5-7,9-10,15-16,18,20,29H,4,8,11-14,17H2,1-3H3,(H,30,32). The summed E-state index contributed by atoms with van der Waals surface area (Å²) in [6, 6.07) is 12.4. The number of rotatable bonds is 10. The fourth-order valence-electron chi connectivity index (χ4n) is 4.40. The Morgan fingerprint density at radius 1 is 1.29 bits per heavy atom. The van der Waals surface area contributed by atoms with Crippen LogP contribution < -0.4 is 10.6 Å². The minimum atomic E-state index is -0.503. The number of hydrogen-bond donors (Lipinski definition) is 2. The Hall–Kier alpha value is -3.39. The third kappa shape index (κ3) is 5.65. The second-order valence-corrected chi connectivity index (χ2v) is 9.05. The van der Waals surface area contributed by atoms with Crippen LogP contribution in [0.15, 0.2) is 42.6 Å². The number of nitrogens with zero attached hydrogens (tertiary/aromatic N) is 2. The Balaban J connectivity index is 1.74. The van der Waals surface area contributed by atoms with Gasteiger partial charge in [-0.2, -0.15) is 0 Å². The normalized spacial score (nSPS) is 16.3. The van der Waals surface area contributed by atoms with Crippen molar-refractivity contribution in [3.63, 3.8) is 0 Å². The van der Waals surface area contributed by atoms with Gasteiger partial charge in [0.15, 0.2) is 5.69 Å². The van der Waals surface area contributed by atoms with Crippen LogP contribution in [0.2, 0.25) is 0 Å². The average Bonchev–Trinajstić information content (AvgIpc) is 3.52. The molecule has 0 saturated carbocycles. The van der Waals surface area contributed by atoms with Crippen LogP contribution >= 0.6 is 0 Å². The molecule has 2 aromatic heterocycles. The molecular weight excluding hydrogens is 444 g/mol. The summed E-state index contributed by atoms with van der Waals surface area (Å²) >= 11 is 0. The number of aromatic nitrogens is 2. The van der Waals surface area contributed by atoms with Crippen LogP contribution in [0.3, 0.4) is 0 Å². The number of carbonyl (C=O) groups excluding carboxylic acids is 2. The van der Waals surface area contributed by atoms with Crippen molar-refractivity contribution in [1.29, 1.82) is 0 Å². The first-order valence-corrected chi connectivity index (χ1v) is 12.3. The van der Waals surface area contributed by atoms with Gasteiger partial charge in [0, 0.05) is 24.6 Å². The number of carbonyl (C=O) groups is 2. The smallest absolute Gasteiger partial charge is 0.356 e. The lowest BCUT2D eigenvalue weighted by molar-refractivity contribution is -0.119. The van der Waals surface area contributed by atoms with E-state index in [0.717, 1.165) is 24.9 Å². The maximum atomic E-state index is 13.1. The van der Waals surface area contributed by atoms with E-state index in [2.05, 4.69) is 36.6 Å². The van der Waals surface area contributed by atoms with Gasteiger partial charge in [-0.1, -0.05) is 37.3 Å². The summed E-state index contributed by atoms with van der Waals surface area (Å²) in [6.07, 6.45) is 5.05. The molecule has 1 amide bonds. The fourth-order valence-corrected chi connectivity index (χ4v) is 4.40. The molecule has 8 heteroatoms. The van der Waals surface area contributed by atoms with E-state index >= 15 is 0 Å².